The second-order valence-corrected chi connectivity index (χ2v) is 8.24. The fraction of sp³-hybridized carbons (Fsp3) is 0.348. The molecule has 2 aromatic rings. The lowest BCUT2D eigenvalue weighted by molar-refractivity contribution is -0.155. The molecule has 8 heteroatoms. The predicted molar refractivity (Wildman–Crippen MR) is 121 cm³/mol. The molecule has 31 heavy (non-hydrogen) atoms. The van der Waals surface area contributed by atoms with Gasteiger partial charge in [-0.05, 0) is 44.0 Å². The Morgan fingerprint density at radius 1 is 1.00 bits per heavy atom. The molecule has 0 spiro atoms. The lowest BCUT2D eigenvalue weighted by Gasteiger charge is -2.21. The third-order valence-corrected chi connectivity index (χ3v) is 5.26. The average Bonchev–Trinajstić information content (AvgIpc) is 2.67. The summed E-state index contributed by atoms with van der Waals surface area (Å²) in [5.41, 5.74) is 2.54. The summed E-state index contributed by atoms with van der Waals surface area (Å²) in [6.45, 7) is 6.59. The Bertz CT molecular complexity index is 947. The van der Waals surface area contributed by atoms with Crippen LogP contribution in [0.4, 0.5) is 0 Å². The van der Waals surface area contributed by atoms with Crippen molar-refractivity contribution < 1.29 is 19.1 Å². The number of carbonyl (C=O) groups is 3. The highest BCUT2D eigenvalue weighted by atomic mass is 35.5. The highest BCUT2D eigenvalue weighted by molar-refractivity contribution is 6.35. The molecule has 0 bridgehead atoms. The number of benzene rings is 2. The smallest absolute Gasteiger partial charge is 0.309 e. The molecule has 0 saturated carbocycles. The van der Waals surface area contributed by atoms with Crippen LogP contribution in [0.3, 0.4) is 0 Å². The zero-order valence-electron chi connectivity index (χ0n) is 17.9. The molecule has 0 aliphatic heterocycles. The minimum atomic E-state index is -1.02. The summed E-state index contributed by atoms with van der Waals surface area (Å²) in [5, 5.41) is 6.45. The molecule has 2 aromatic carbocycles. The van der Waals surface area contributed by atoms with Crippen LogP contribution in [0.25, 0.3) is 0 Å². The van der Waals surface area contributed by atoms with E-state index in [4.69, 9.17) is 27.9 Å². The van der Waals surface area contributed by atoms with Crippen LogP contribution in [0.2, 0.25) is 10.0 Å². The van der Waals surface area contributed by atoms with Gasteiger partial charge in [0.1, 0.15) is 0 Å². The number of aryl methyl sites for hydroxylation is 1. The van der Waals surface area contributed by atoms with E-state index in [0.29, 0.717) is 15.6 Å². The van der Waals surface area contributed by atoms with Gasteiger partial charge >= 0.3 is 5.97 Å². The summed E-state index contributed by atoms with van der Waals surface area (Å²) in [6.07, 6.45) is -1.12. The highest BCUT2D eigenvalue weighted by Crippen LogP contribution is 2.26. The molecule has 0 radical (unpaired) electrons. The first-order valence-corrected chi connectivity index (χ1v) is 10.6. The Labute approximate surface area is 192 Å². The lowest BCUT2D eigenvalue weighted by Crippen LogP contribution is -2.38. The molecule has 166 valence electrons. The molecular formula is C23H26Cl2N2O4. The Morgan fingerprint density at radius 3 is 2.23 bits per heavy atom. The number of hydrogen-bond donors (Lipinski definition) is 2. The van der Waals surface area contributed by atoms with Crippen molar-refractivity contribution >= 4 is 41.0 Å². The number of halogens is 2. The van der Waals surface area contributed by atoms with E-state index in [1.807, 2.05) is 31.2 Å². The Kier molecular flexibility index (Phi) is 8.89. The van der Waals surface area contributed by atoms with Gasteiger partial charge in [-0.3, -0.25) is 14.4 Å². The first kappa shape index (κ1) is 24.7. The van der Waals surface area contributed by atoms with E-state index in [9.17, 15) is 14.4 Å². The summed E-state index contributed by atoms with van der Waals surface area (Å²) in [7, 11) is 0. The summed E-state index contributed by atoms with van der Waals surface area (Å²) in [5.74, 6) is -1.32. The Morgan fingerprint density at radius 2 is 1.65 bits per heavy atom. The Hall–Kier alpha value is -2.57. The summed E-state index contributed by atoms with van der Waals surface area (Å²) in [6, 6.07) is 11.5. The van der Waals surface area contributed by atoms with Crippen molar-refractivity contribution in [1.82, 2.24) is 10.6 Å². The largest absolute Gasteiger partial charge is 0.452 e. The number of nitrogens with one attached hydrogen (secondary N) is 2. The molecule has 0 aliphatic rings. The second kappa shape index (κ2) is 11.2. The maximum Gasteiger partial charge on any atom is 0.309 e. The fourth-order valence-corrected chi connectivity index (χ4v) is 3.60. The third-order valence-electron chi connectivity index (χ3n) is 4.69. The van der Waals surface area contributed by atoms with E-state index in [2.05, 4.69) is 10.6 Å². The van der Waals surface area contributed by atoms with Crippen LogP contribution in [0.1, 0.15) is 56.0 Å². The minimum Gasteiger partial charge on any atom is -0.452 e. The Balaban J connectivity index is 1.98. The van der Waals surface area contributed by atoms with Gasteiger partial charge < -0.3 is 15.4 Å². The number of carbonyl (C=O) groups excluding carboxylic acids is 3. The maximum atomic E-state index is 12.5. The van der Waals surface area contributed by atoms with Gasteiger partial charge in [-0.2, -0.15) is 0 Å². The highest BCUT2D eigenvalue weighted by Gasteiger charge is 2.24. The fourth-order valence-electron chi connectivity index (χ4n) is 3.02. The van der Waals surface area contributed by atoms with E-state index in [0.717, 1.165) is 11.1 Å². The molecule has 2 rings (SSSR count). The molecule has 0 fully saturated rings. The van der Waals surface area contributed by atoms with E-state index in [1.54, 1.807) is 25.1 Å². The molecule has 3 unspecified atom stereocenters. The van der Waals surface area contributed by atoms with Gasteiger partial charge in [0.2, 0.25) is 5.91 Å². The number of amides is 2. The number of rotatable bonds is 8. The molecule has 0 aliphatic carbocycles. The molecule has 0 saturated heterocycles. The van der Waals surface area contributed by atoms with E-state index >= 15 is 0 Å². The van der Waals surface area contributed by atoms with Crippen molar-refractivity contribution in [3.63, 3.8) is 0 Å². The minimum absolute atomic E-state index is 0.0984. The zero-order chi connectivity index (χ0) is 23.1. The number of esters is 1. The van der Waals surface area contributed by atoms with Crippen molar-refractivity contribution in [2.45, 2.75) is 52.3 Å². The molecule has 0 aromatic heterocycles. The van der Waals surface area contributed by atoms with Gasteiger partial charge in [0.25, 0.3) is 5.91 Å². The standard InChI is InChI=1S/C23H26Cl2N2O4/c1-13-5-7-17(8-6-13)21(27-16(4)28)12-22(29)31-15(3)23(30)26-14(2)19-10-9-18(24)11-20(19)25/h5-11,14-15,21H,12H2,1-4H3,(H,26,30)(H,27,28). The monoisotopic (exact) mass is 464 g/mol. The van der Waals surface area contributed by atoms with Crippen LogP contribution < -0.4 is 10.6 Å². The summed E-state index contributed by atoms with van der Waals surface area (Å²) >= 11 is 12.1. The van der Waals surface area contributed by atoms with Crippen molar-refractivity contribution in [2.24, 2.45) is 0 Å². The quantitative estimate of drug-likeness (QED) is 0.555. The molecule has 3 atom stereocenters. The molecule has 2 amide bonds. The van der Waals surface area contributed by atoms with Gasteiger partial charge in [-0.1, -0.05) is 59.1 Å². The van der Waals surface area contributed by atoms with Crippen molar-refractivity contribution in [1.29, 1.82) is 0 Å². The van der Waals surface area contributed by atoms with Crippen molar-refractivity contribution in [3.05, 3.63) is 69.2 Å². The van der Waals surface area contributed by atoms with Crippen LogP contribution in [0.5, 0.6) is 0 Å². The molecule has 2 N–H and O–H groups in total. The van der Waals surface area contributed by atoms with Crippen LogP contribution in [-0.2, 0) is 19.1 Å². The average molecular weight is 465 g/mol. The van der Waals surface area contributed by atoms with Gasteiger partial charge in [0, 0.05) is 17.0 Å². The maximum absolute atomic E-state index is 12.5. The number of ether oxygens (including phenoxy) is 1. The third kappa shape index (κ3) is 7.56. The predicted octanol–water partition coefficient (Wildman–Crippen LogP) is 4.68. The first-order valence-electron chi connectivity index (χ1n) is 9.85. The lowest BCUT2D eigenvalue weighted by atomic mass is 10.0. The second-order valence-electron chi connectivity index (χ2n) is 7.40. The normalized spacial score (nSPS) is 13.6. The van der Waals surface area contributed by atoms with E-state index in [-0.39, 0.29) is 12.3 Å². The zero-order valence-corrected chi connectivity index (χ0v) is 19.4. The first-order chi connectivity index (χ1) is 14.6. The van der Waals surface area contributed by atoms with Crippen LogP contribution in [-0.4, -0.2) is 23.9 Å². The van der Waals surface area contributed by atoms with Gasteiger partial charge in [0.15, 0.2) is 6.10 Å². The molecule has 6 nitrogen and oxygen atoms in total. The molecular weight excluding hydrogens is 439 g/mol. The van der Waals surface area contributed by atoms with Crippen LogP contribution >= 0.6 is 23.2 Å². The van der Waals surface area contributed by atoms with E-state index in [1.165, 1.54) is 13.8 Å². The summed E-state index contributed by atoms with van der Waals surface area (Å²) < 4.78 is 5.30. The summed E-state index contributed by atoms with van der Waals surface area (Å²) in [4.78, 5) is 36.5. The van der Waals surface area contributed by atoms with E-state index < -0.39 is 30.1 Å². The van der Waals surface area contributed by atoms with Gasteiger partial charge in [-0.15, -0.1) is 0 Å². The van der Waals surface area contributed by atoms with Crippen LogP contribution in [0, 0.1) is 6.92 Å². The topological polar surface area (TPSA) is 84.5 Å². The van der Waals surface area contributed by atoms with Crippen molar-refractivity contribution in [3.8, 4) is 0 Å². The van der Waals surface area contributed by atoms with Gasteiger partial charge in [0.05, 0.1) is 18.5 Å². The van der Waals surface area contributed by atoms with Crippen LogP contribution in [0.15, 0.2) is 42.5 Å². The SMILES string of the molecule is CC(=O)NC(CC(=O)OC(C)C(=O)NC(C)c1ccc(Cl)cc1Cl)c1ccc(C)cc1. The van der Waals surface area contributed by atoms with Crippen molar-refractivity contribution in [2.75, 3.05) is 0 Å². The molecule has 0 heterocycles. The number of hydrogen-bond acceptors (Lipinski definition) is 4. The van der Waals surface area contributed by atoms with Gasteiger partial charge in [-0.25, -0.2) is 0 Å².